The summed E-state index contributed by atoms with van der Waals surface area (Å²) in [6, 6.07) is 12.7. The van der Waals surface area contributed by atoms with Gasteiger partial charge in [-0.3, -0.25) is 0 Å². The average molecular weight is 471 g/mol. The SMILES string of the molecule is Cc1ccc(-c2cnc([C@@H]3CCCN(c4cnc(C#N)c(Nc5cc(C)ns5)n4)[C@@H]3C)[nH]2)cc1. The van der Waals surface area contributed by atoms with Gasteiger partial charge in [-0.25, -0.2) is 15.0 Å². The third kappa shape index (κ3) is 4.37. The minimum atomic E-state index is 0.173. The molecular formula is C25H26N8S. The molecule has 1 aliphatic rings. The summed E-state index contributed by atoms with van der Waals surface area (Å²) in [6.45, 7) is 7.11. The zero-order chi connectivity index (χ0) is 23.7. The van der Waals surface area contributed by atoms with E-state index >= 15 is 0 Å². The monoisotopic (exact) mass is 470 g/mol. The highest BCUT2D eigenvalue weighted by atomic mass is 32.1. The first-order valence-corrected chi connectivity index (χ1v) is 12.1. The number of aromatic amines is 1. The zero-order valence-corrected chi connectivity index (χ0v) is 20.2. The lowest BCUT2D eigenvalue weighted by molar-refractivity contribution is 0.407. The molecule has 9 heteroatoms. The Kier molecular flexibility index (Phi) is 5.99. The van der Waals surface area contributed by atoms with Gasteiger partial charge in [0.2, 0.25) is 0 Å². The van der Waals surface area contributed by atoms with Crippen molar-refractivity contribution in [2.24, 2.45) is 0 Å². The van der Waals surface area contributed by atoms with E-state index in [9.17, 15) is 5.26 Å². The summed E-state index contributed by atoms with van der Waals surface area (Å²) in [4.78, 5) is 19.7. The zero-order valence-electron chi connectivity index (χ0n) is 19.4. The Morgan fingerprint density at radius 2 is 2.00 bits per heavy atom. The lowest BCUT2D eigenvalue weighted by Gasteiger charge is -2.39. The first-order valence-electron chi connectivity index (χ1n) is 11.4. The summed E-state index contributed by atoms with van der Waals surface area (Å²) in [5.74, 6) is 2.45. The van der Waals surface area contributed by atoms with Crippen molar-refractivity contribution in [1.29, 1.82) is 5.26 Å². The highest BCUT2D eigenvalue weighted by molar-refractivity contribution is 7.10. The molecule has 1 aliphatic heterocycles. The highest BCUT2D eigenvalue weighted by Gasteiger charge is 2.32. The van der Waals surface area contributed by atoms with Gasteiger partial charge in [-0.2, -0.15) is 9.64 Å². The van der Waals surface area contributed by atoms with Crippen molar-refractivity contribution in [3.63, 3.8) is 0 Å². The van der Waals surface area contributed by atoms with Crippen LogP contribution in [0, 0.1) is 25.2 Å². The van der Waals surface area contributed by atoms with E-state index in [1.165, 1.54) is 17.1 Å². The van der Waals surface area contributed by atoms with Gasteiger partial charge in [-0.1, -0.05) is 29.8 Å². The molecule has 172 valence electrons. The first kappa shape index (κ1) is 22.0. The van der Waals surface area contributed by atoms with E-state index in [2.05, 4.69) is 68.7 Å². The van der Waals surface area contributed by atoms with Crippen LogP contribution in [0.2, 0.25) is 0 Å². The fraction of sp³-hybridized carbons (Fsp3) is 0.320. The van der Waals surface area contributed by atoms with Gasteiger partial charge < -0.3 is 15.2 Å². The molecule has 2 atom stereocenters. The normalized spacial score (nSPS) is 18.0. The van der Waals surface area contributed by atoms with Gasteiger partial charge in [-0.15, -0.1) is 0 Å². The van der Waals surface area contributed by atoms with Gasteiger partial charge in [0.05, 0.1) is 23.8 Å². The molecule has 1 saturated heterocycles. The van der Waals surface area contributed by atoms with Gasteiger partial charge in [-0.05, 0) is 56.8 Å². The number of aryl methyl sites for hydroxylation is 2. The number of nitriles is 1. The second kappa shape index (κ2) is 9.23. The molecule has 0 amide bonds. The molecule has 4 heterocycles. The summed E-state index contributed by atoms with van der Waals surface area (Å²) in [5, 5.41) is 13.6. The lowest BCUT2D eigenvalue weighted by atomic mass is 9.89. The van der Waals surface area contributed by atoms with Gasteiger partial charge in [0.1, 0.15) is 22.7 Å². The predicted molar refractivity (Wildman–Crippen MR) is 134 cm³/mol. The fourth-order valence-corrected chi connectivity index (χ4v) is 5.12. The number of piperidine rings is 1. The van der Waals surface area contributed by atoms with Gasteiger partial charge in [0.15, 0.2) is 11.5 Å². The van der Waals surface area contributed by atoms with Crippen molar-refractivity contribution in [3.8, 4) is 17.3 Å². The largest absolute Gasteiger partial charge is 0.352 e. The Morgan fingerprint density at radius 1 is 1.18 bits per heavy atom. The van der Waals surface area contributed by atoms with Crippen LogP contribution in [0.5, 0.6) is 0 Å². The van der Waals surface area contributed by atoms with E-state index < -0.39 is 0 Å². The van der Waals surface area contributed by atoms with E-state index in [-0.39, 0.29) is 17.7 Å². The number of rotatable bonds is 5. The number of anilines is 3. The molecule has 2 N–H and O–H groups in total. The molecule has 0 aliphatic carbocycles. The predicted octanol–water partition coefficient (Wildman–Crippen LogP) is 5.33. The summed E-state index contributed by atoms with van der Waals surface area (Å²) in [5.41, 5.74) is 4.60. The van der Waals surface area contributed by atoms with E-state index in [4.69, 9.17) is 9.97 Å². The van der Waals surface area contributed by atoms with Crippen LogP contribution in [-0.2, 0) is 0 Å². The third-order valence-corrected chi connectivity index (χ3v) is 7.12. The van der Waals surface area contributed by atoms with Crippen LogP contribution < -0.4 is 10.2 Å². The summed E-state index contributed by atoms with van der Waals surface area (Å²) in [7, 11) is 0. The molecule has 4 aromatic rings. The first-order chi connectivity index (χ1) is 16.5. The molecule has 1 aromatic carbocycles. The van der Waals surface area contributed by atoms with Gasteiger partial charge >= 0.3 is 0 Å². The van der Waals surface area contributed by atoms with E-state index in [1.54, 1.807) is 6.20 Å². The summed E-state index contributed by atoms with van der Waals surface area (Å²) in [6.07, 6.45) is 5.69. The summed E-state index contributed by atoms with van der Waals surface area (Å²) < 4.78 is 4.29. The van der Waals surface area contributed by atoms with Crippen LogP contribution in [-0.4, -0.2) is 36.9 Å². The Balaban J connectivity index is 1.39. The van der Waals surface area contributed by atoms with E-state index in [1.807, 2.05) is 19.2 Å². The number of hydrogen-bond acceptors (Lipinski definition) is 8. The third-order valence-electron chi connectivity index (χ3n) is 6.33. The van der Waals surface area contributed by atoms with E-state index in [0.29, 0.717) is 5.82 Å². The number of H-pyrrole nitrogens is 1. The molecule has 8 nitrogen and oxygen atoms in total. The van der Waals surface area contributed by atoms with Crippen molar-refractivity contribution in [3.05, 3.63) is 65.5 Å². The van der Waals surface area contributed by atoms with Crippen LogP contribution in [0.25, 0.3) is 11.3 Å². The van der Waals surface area contributed by atoms with Crippen molar-refractivity contribution in [1.82, 2.24) is 24.3 Å². The van der Waals surface area contributed by atoms with Gasteiger partial charge in [0.25, 0.3) is 0 Å². The second-order valence-corrected chi connectivity index (χ2v) is 9.53. The Labute approximate surface area is 202 Å². The number of imidazole rings is 1. The Hall–Kier alpha value is -3.77. The van der Waals surface area contributed by atoms with Crippen LogP contribution >= 0.6 is 11.5 Å². The molecule has 34 heavy (non-hydrogen) atoms. The standard InChI is InChI=1S/C25H26N8S/c1-15-6-8-18(9-7-15)21-13-28-24(29-21)19-5-4-10-33(17(19)3)22-14-27-20(12-26)25(30-22)31-23-11-16(2)32-34-23/h6-9,11,13-14,17,19H,4-5,10H2,1-3H3,(H,28,29)(H,30,31)/t17-,19-/m1/s1. The van der Waals surface area contributed by atoms with Crippen LogP contribution in [0.15, 0.2) is 42.7 Å². The average Bonchev–Trinajstić information content (AvgIpc) is 3.49. The topological polar surface area (TPSA) is 106 Å². The Bertz CT molecular complexity index is 1330. The maximum absolute atomic E-state index is 9.53. The smallest absolute Gasteiger partial charge is 0.183 e. The van der Waals surface area contributed by atoms with Crippen molar-refractivity contribution in [2.45, 2.75) is 45.6 Å². The number of nitrogens with one attached hydrogen (secondary N) is 2. The van der Waals surface area contributed by atoms with E-state index in [0.717, 1.165) is 53.0 Å². The molecular weight excluding hydrogens is 444 g/mol. The lowest BCUT2D eigenvalue weighted by Crippen LogP contribution is -2.43. The van der Waals surface area contributed by atoms with Crippen LogP contribution in [0.4, 0.5) is 16.6 Å². The van der Waals surface area contributed by atoms with Crippen molar-refractivity contribution < 1.29 is 0 Å². The number of hydrogen-bond donors (Lipinski definition) is 2. The minimum absolute atomic E-state index is 0.173. The minimum Gasteiger partial charge on any atom is -0.352 e. The highest BCUT2D eigenvalue weighted by Crippen LogP contribution is 2.35. The number of nitrogens with zero attached hydrogens (tertiary/aromatic N) is 6. The molecule has 0 radical (unpaired) electrons. The molecule has 1 fully saturated rings. The molecule has 0 unspecified atom stereocenters. The molecule has 0 spiro atoms. The number of benzene rings is 1. The Morgan fingerprint density at radius 3 is 2.74 bits per heavy atom. The maximum atomic E-state index is 9.53. The number of aromatic nitrogens is 5. The van der Waals surface area contributed by atoms with Crippen molar-refractivity contribution in [2.75, 3.05) is 16.8 Å². The molecule has 0 saturated carbocycles. The molecule has 0 bridgehead atoms. The quantitative estimate of drug-likeness (QED) is 0.406. The fourth-order valence-electron chi connectivity index (χ4n) is 4.46. The maximum Gasteiger partial charge on any atom is 0.183 e. The van der Waals surface area contributed by atoms with Crippen LogP contribution in [0.3, 0.4) is 0 Å². The van der Waals surface area contributed by atoms with Crippen LogP contribution in [0.1, 0.15) is 48.5 Å². The van der Waals surface area contributed by atoms with Crippen molar-refractivity contribution >= 4 is 28.2 Å². The summed E-state index contributed by atoms with van der Waals surface area (Å²) >= 11 is 1.34. The molecule has 3 aromatic heterocycles. The second-order valence-electron chi connectivity index (χ2n) is 8.73. The molecule has 5 rings (SSSR count). The van der Waals surface area contributed by atoms with Gasteiger partial charge in [0, 0.05) is 18.5 Å².